The third kappa shape index (κ3) is 3.07. The maximum Gasteiger partial charge on any atom is 0.0540 e. The number of allylic oxidation sites excluding steroid dienone is 2. The summed E-state index contributed by atoms with van der Waals surface area (Å²) in [7, 11) is 0. The Morgan fingerprint density at radius 3 is 2.60 bits per heavy atom. The zero-order chi connectivity index (χ0) is 11.5. The van der Waals surface area contributed by atoms with Crippen molar-refractivity contribution in [2.24, 2.45) is 11.3 Å². The lowest BCUT2D eigenvalue weighted by molar-refractivity contribution is 0.133. The molecule has 0 aromatic heterocycles. The van der Waals surface area contributed by atoms with Gasteiger partial charge in [-0.05, 0) is 43.9 Å². The molecular weight excluding hydrogens is 184 g/mol. The smallest absolute Gasteiger partial charge is 0.0540 e. The summed E-state index contributed by atoms with van der Waals surface area (Å²) in [6.45, 7) is 9.04. The van der Waals surface area contributed by atoms with E-state index in [9.17, 15) is 5.11 Å². The van der Waals surface area contributed by atoms with Crippen molar-refractivity contribution in [2.45, 2.75) is 65.9 Å². The number of rotatable bonds is 5. The summed E-state index contributed by atoms with van der Waals surface area (Å²) in [6, 6.07) is 0. The number of aliphatic hydroxyl groups is 1. The Hall–Kier alpha value is -0.300. The highest BCUT2D eigenvalue weighted by Gasteiger charge is 2.34. The summed E-state index contributed by atoms with van der Waals surface area (Å²) in [5.41, 5.74) is 1.88. The lowest BCUT2D eigenvalue weighted by Gasteiger charge is -2.30. The van der Waals surface area contributed by atoms with Gasteiger partial charge in [-0.25, -0.2) is 0 Å². The molecule has 0 radical (unpaired) electrons. The van der Waals surface area contributed by atoms with Gasteiger partial charge in [0.1, 0.15) is 0 Å². The molecule has 0 bridgehead atoms. The fourth-order valence-electron chi connectivity index (χ4n) is 2.55. The van der Waals surface area contributed by atoms with E-state index in [2.05, 4.69) is 33.8 Å². The SMILES string of the molecule is CCCC(O)CCC1CC=C(C)C1(C)C. The number of hydrogen-bond acceptors (Lipinski definition) is 1. The van der Waals surface area contributed by atoms with Crippen molar-refractivity contribution in [3.8, 4) is 0 Å². The molecule has 0 heterocycles. The van der Waals surface area contributed by atoms with E-state index in [1.54, 1.807) is 0 Å². The summed E-state index contributed by atoms with van der Waals surface area (Å²) < 4.78 is 0. The van der Waals surface area contributed by atoms with E-state index in [1.165, 1.54) is 18.4 Å². The summed E-state index contributed by atoms with van der Waals surface area (Å²) >= 11 is 0. The van der Waals surface area contributed by atoms with Gasteiger partial charge in [0.2, 0.25) is 0 Å². The first-order chi connectivity index (χ1) is 6.98. The summed E-state index contributed by atoms with van der Waals surface area (Å²) in [4.78, 5) is 0. The second kappa shape index (κ2) is 5.16. The molecule has 0 aromatic rings. The molecule has 0 aliphatic heterocycles. The minimum absolute atomic E-state index is 0.0771. The topological polar surface area (TPSA) is 20.2 Å². The highest BCUT2D eigenvalue weighted by atomic mass is 16.3. The van der Waals surface area contributed by atoms with Gasteiger partial charge in [0, 0.05) is 0 Å². The molecule has 1 N–H and O–H groups in total. The summed E-state index contributed by atoms with van der Waals surface area (Å²) in [5.74, 6) is 0.740. The maximum atomic E-state index is 9.73. The molecule has 0 saturated heterocycles. The number of aliphatic hydroxyl groups excluding tert-OH is 1. The molecular formula is C14H26O. The Balaban J connectivity index is 2.35. The number of hydrogen-bond donors (Lipinski definition) is 1. The van der Waals surface area contributed by atoms with Gasteiger partial charge in [-0.15, -0.1) is 0 Å². The highest BCUT2D eigenvalue weighted by Crippen LogP contribution is 2.45. The average molecular weight is 210 g/mol. The Bertz CT molecular complexity index is 227. The quantitative estimate of drug-likeness (QED) is 0.682. The van der Waals surface area contributed by atoms with Crippen molar-refractivity contribution in [2.75, 3.05) is 0 Å². The van der Waals surface area contributed by atoms with E-state index >= 15 is 0 Å². The predicted molar refractivity (Wildman–Crippen MR) is 65.8 cm³/mol. The molecule has 0 saturated carbocycles. The van der Waals surface area contributed by atoms with E-state index in [1.807, 2.05) is 0 Å². The largest absolute Gasteiger partial charge is 0.393 e. The van der Waals surface area contributed by atoms with Crippen LogP contribution in [-0.4, -0.2) is 11.2 Å². The lowest BCUT2D eigenvalue weighted by Crippen LogP contribution is -2.22. The summed E-state index contributed by atoms with van der Waals surface area (Å²) in [6.07, 6.45) is 7.69. The third-order valence-electron chi connectivity index (χ3n) is 4.22. The highest BCUT2D eigenvalue weighted by molar-refractivity contribution is 5.18. The molecule has 88 valence electrons. The Morgan fingerprint density at radius 2 is 2.13 bits per heavy atom. The van der Waals surface area contributed by atoms with Crippen LogP contribution in [0.4, 0.5) is 0 Å². The third-order valence-corrected chi connectivity index (χ3v) is 4.22. The Morgan fingerprint density at radius 1 is 1.47 bits per heavy atom. The zero-order valence-electron chi connectivity index (χ0n) is 10.7. The van der Waals surface area contributed by atoms with Crippen LogP contribution in [0.25, 0.3) is 0 Å². The van der Waals surface area contributed by atoms with Crippen molar-refractivity contribution in [1.29, 1.82) is 0 Å². The van der Waals surface area contributed by atoms with E-state index < -0.39 is 0 Å². The zero-order valence-corrected chi connectivity index (χ0v) is 10.7. The molecule has 1 nitrogen and oxygen atoms in total. The van der Waals surface area contributed by atoms with Crippen LogP contribution >= 0.6 is 0 Å². The molecule has 0 fully saturated rings. The van der Waals surface area contributed by atoms with Crippen LogP contribution < -0.4 is 0 Å². The monoisotopic (exact) mass is 210 g/mol. The normalized spacial score (nSPS) is 26.5. The first-order valence-electron chi connectivity index (χ1n) is 6.33. The molecule has 0 amide bonds. The fraction of sp³-hybridized carbons (Fsp3) is 0.857. The minimum atomic E-state index is -0.0771. The molecule has 15 heavy (non-hydrogen) atoms. The van der Waals surface area contributed by atoms with E-state index in [0.29, 0.717) is 5.41 Å². The molecule has 2 unspecified atom stereocenters. The van der Waals surface area contributed by atoms with Crippen molar-refractivity contribution in [1.82, 2.24) is 0 Å². The first kappa shape index (κ1) is 12.8. The standard InChI is InChI=1S/C14H26O/c1-5-6-13(15)10-9-12-8-7-11(2)14(12,3)4/h7,12-13,15H,5-6,8-10H2,1-4H3. The molecule has 1 aliphatic carbocycles. The van der Waals surface area contributed by atoms with Crippen LogP contribution in [0.5, 0.6) is 0 Å². The van der Waals surface area contributed by atoms with Crippen LogP contribution in [0, 0.1) is 11.3 Å². The van der Waals surface area contributed by atoms with Gasteiger partial charge in [-0.2, -0.15) is 0 Å². The van der Waals surface area contributed by atoms with Crippen LogP contribution in [0.2, 0.25) is 0 Å². The average Bonchev–Trinajstić information content (AvgIpc) is 2.40. The summed E-state index contributed by atoms with van der Waals surface area (Å²) in [5, 5.41) is 9.73. The maximum absolute atomic E-state index is 9.73. The minimum Gasteiger partial charge on any atom is -0.393 e. The Labute approximate surface area is 94.6 Å². The van der Waals surface area contributed by atoms with Crippen molar-refractivity contribution in [3.05, 3.63) is 11.6 Å². The van der Waals surface area contributed by atoms with Crippen molar-refractivity contribution < 1.29 is 5.11 Å². The van der Waals surface area contributed by atoms with Gasteiger partial charge in [0.25, 0.3) is 0 Å². The van der Waals surface area contributed by atoms with Crippen LogP contribution in [0.1, 0.15) is 59.8 Å². The fourth-order valence-corrected chi connectivity index (χ4v) is 2.55. The van der Waals surface area contributed by atoms with E-state index in [0.717, 1.165) is 25.2 Å². The molecule has 1 aliphatic rings. The molecule has 0 aromatic carbocycles. The first-order valence-corrected chi connectivity index (χ1v) is 6.33. The van der Waals surface area contributed by atoms with Crippen molar-refractivity contribution >= 4 is 0 Å². The Kier molecular flexibility index (Phi) is 4.39. The second-order valence-electron chi connectivity index (χ2n) is 5.56. The van der Waals surface area contributed by atoms with E-state index in [-0.39, 0.29) is 6.10 Å². The van der Waals surface area contributed by atoms with Gasteiger partial charge in [-0.1, -0.05) is 38.8 Å². The van der Waals surface area contributed by atoms with Crippen LogP contribution in [-0.2, 0) is 0 Å². The molecule has 2 atom stereocenters. The van der Waals surface area contributed by atoms with Gasteiger partial charge in [0.05, 0.1) is 6.10 Å². The van der Waals surface area contributed by atoms with Gasteiger partial charge >= 0.3 is 0 Å². The predicted octanol–water partition coefficient (Wildman–Crippen LogP) is 3.92. The van der Waals surface area contributed by atoms with E-state index in [4.69, 9.17) is 0 Å². The lowest BCUT2D eigenvalue weighted by atomic mass is 9.75. The molecule has 1 heteroatoms. The van der Waals surface area contributed by atoms with Crippen LogP contribution in [0.3, 0.4) is 0 Å². The molecule has 0 spiro atoms. The molecule has 1 rings (SSSR count). The second-order valence-corrected chi connectivity index (χ2v) is 5.56. The van der Waals surface area contributed by atoms with Crippen LogP contribution in [0.15, 0.2) is 11.6 Å². The van der Waals surface area contributed by atoms with Gasteiger partial charge < -0.3 is 5.11 Å². The van der Waals surface area contributed by atoms with Gasteiger partial charge in [-0.3, -0.25) is 0 Å². The van der Waals surface area contributed by atoms with Gasteiger partial charge in [0.15, 0.2) is 0 Å². The van der Waals surface area contributed by atoms with Crippen molar-refractivity contribution in [3.63, 3.8) is 0 Å².